The average molecular weight is 325 g/mol. The predicted octanol–water partition coefficient (Wildman–Crippen LogP) is 1.54. The van der Waals surface area contributed by atoms with Crippen molar-refractivity contribution in [1.82, 2.24) is 24.7 Å². The van der Waals surface area contributed by atoms with Crippen LogP contribution in [0.2, 0.25) is 0 Å². The van der Waals surface area contributed by atoms with Crippen LogP contribution in [-0.2, 0) is 4.79 Å². The zero-order chi connectivity index (χ0) is 15.6. The molecule has 0 bridgehead atoms. The summed E-state index contributed by atoms with van der Waals surface area (Å²) in [5.74, 6) is 0.0114. The molecule has 1 aliphatic heterocycles. The highest BCUT2D eigenvalue weighted by Crippen LogP contribution is 2.30. The summed E-state index contributed by atoms with van der Waals surface area (Å²) in [4.78, 5) is 16.5. The van der Waals surface area contributed by atoms with Crippen LogP contribution in [0.1, 0.15) is 32.5 Å². The van der Waals surface area contributed by atoms with Crippen LogP contribution in [0.25, 0.3) is 0 Å². The van der Waals surface area contributed by atoms with E-state index in [1.54, 1.807) is 4.90 Å². The zero-order valence-electron chi connectivity index (χ0n) is 12.6. The lowest BCUT2D eigenvalue weighted by Gasteiger charge is -2.36. The van der Waals surface area contributed by atoms with Gasteiger partial charge in [0.15, 0.2) is 5.11 Å². The number of carbonyl (C=O) groups excluding carboxylic acids is 1. The van der Waals surface area contributed by atoms with E-state index in [9.17, 15) is 4.79 Å². The van der Waals surface area contributed by atoms with Crippen molar-refractivity contribution in [3.63, 3.8) is 0 Å². The van der Waals surface area contributed by atoms with Gasteiger partial charge in [0.1, 0.15) is 11.7 Å². The van der Waals surface area contributed by atoms with E-state index in [1.165, 1.54) is 11.5 Å². The van der Waals surface area contributed by atoms with E-state index in [4.69, 9.17) is 12.2 Å². The normalized spacial score (nSPS) is 18.8. The lowest BCUT2D eigenvalue weighted by molar-refractivity contribution is -0.127. The fourth-order valence-corrected chi connectivity index (χ4v) is 3.05. The molecule has 1 aromatic rings. The molecular formula is C13H19N5OS2. The van der Waals surface area contributed by atoms with Crippen LogP contribution in [0.3, 0.4) is 0 Å². The molecule has 1 aliphatic rings. The van der Waals surface area contributed by atoms with Gasteiger partial charge in [-0.2, -0.15) is 0 Å². The molecule has 1 aromatic heterocycles. The highest BCUT2D eigenvalue weighted by Gasteiger charge is 2.35. The third-order valence-electron chi connectivity index (χ3n) is 3.71. The number of hydrogen-bond donors (Lipinski definition) is 1. The molecule has 0 saturated carbocycles. The van der Waals surface area contributed by atoms with Crippen LogP contribution in [0, 0.1) is 0 Å². The first kappa shape index (κ1) is 15.8. The van der Waals surface area contributed by atoms with E-state index in [0.717, 1.165) is 11.4 Å². The number of amides is 1. The monoisotopic (exact) mass is 325 g/mol. The summed E-state index contributed by atoms with van der Waals surface area (Å²) in [6.45, 7) is 7.20. The largest absolute Gasteiger partial charge is 0.349 e. The summed E-state index contributed by atoms with van der Waals surface area (Å²) in [5, 5.41) is 9.72. The van der Waals surface area contributed by atoms with Gasteiger partial charge in [0.2, 0.25) is 0 Å². The van der Waals surface area contributed by atoms with Crippen molar-refractivity contribution in [2.24, 2.45) is 0 Å². The number of likely N-dealkylation sites (N-methyl/N-ethyl adjacent to an activating group) is 1. The van der Waals surface area contributed by atoms with Crippen molar-refractivity contribution < 1.29 is 4.79 Å². The molecule has 1 unspecified atom stereocenters. The van der Waals surface area contributed by atoms with Gasteiger partial charge in [-0.05, 0) is 44.5 Å². The summed E-state index contributed by atoms with van der Waals surface area (Å²) in [6, 6.07) is -0.333. The van der Waals surface area contributed by atoms with Crippen molar-refractivity contribution in [3.05, 3.63) is 22.3 Å². The molecular weight excluding hydrogens is 306 g/mol. The molecule has 0 spiro atoms. The molecule has 2 rings (SSSR count). The average Bonchev–Trinajstić information content (AvgIpc) is 2.99. The quantitative estimate of drug-likeness (QED) is 0.848. The van der Waals surface area contributed by atoms with Gasteiger partial charge in [-0.15, -0.1) is 5.10 Å². The number of aromatic nitrogens is 2. The summed E-state index contributed by atoms with van der Waals surface area (Å²) < 4.78 is 3.89. The SMILES string of the molecule is CCN(CC)C(=O)C1=C(C)N(C)C(=S)NC1c1csnn1. The molecule has 6 nitrogen and oxygen atoms in total. The fraction of sp³-hybridized carbons (Fsp3) is 0.538. The molecule has 1 amide bonds. The Labute approximate surface area is 134 Å². The summed E-state index contributed by atoms with van der Waals surface area (Å²) in [5.41, 5.74) is 2.27. The molecule has 8 heteroatoms. The van der Waals surface area contributed by atoms with E-state index < -0.39 is 0 Å². The van der Waals surface area contributed by atoms with Gasteiger partial charge in [-0.3, -0.25) is 4.79 Å². The molecule has 0 aromatic carbocycles. The second-order valence-electron chi connectivity index (χ2n) is 4.75. The number of nitrogens with one attached hydrogen (secondary N) is 1. The van der Waals surface area contributed by atoms with Gasteiger partial charge >= 0.3 is 0 Å². The maximum Gasteiger partial charge on any atom is 0.254 e. The Balaban J connectivity index is 2.48. The van der Waals surface area contributed by atoms with Crippen molar-refractivity contribution >= 4 is 34.8 Å². The first-order chi connectivity index (χ1) is 10.0. The third kappa shape index (κ3) is 2.91. The van der Waals surface area contributed by atoms with Gasteiger partial charge in [-0.25, -0.2) is 0 Å². The molecule has 1 atom stereocenters. The van der Waals surface area contributed by atoms with Crippen molar-refractivity contribution in [3.8, 4) is 0 Å². The Morgan fingerprint density at radius 3 is 2.71 bits per heavy atom. The van der Waals surface area contributed by atoms with Gasteiger partial charge in [0, 0.05) is 31.2 Å². The number of thiocarbonyl (C=S) groups is 1. The Morgan fingerprint density at radius 1 is 1.52 bits per heavy atom. The van der Waals surface area contributed by atoms with Gasteiger partial charge in [0.25, 0.3) is 5.91 Å². The minimum atomic E-state index is -0.333. The second kappa shape index (κ2) is 6.48. The highest BCUT2D eigenvalue weighted by atomic mass is 32.1. The number of hydrogen-bond acceptors (Lipinski definition) is 5. The fourth-order valence-electron chi connectivity index (χ4n) is 2.31. The topological polar surface area (TPSA) is 61.4 Å². The Hall–Kier alpha value is -1.54. The Kier molecular flexibility index (Phi) is 4.89. The summed E-state index contributed by atoms with van der Waals surface area (Å²) in [6.07, 6.45) is 0. The minimum absolute atomic E-state index is 0.0114. The molecule has 2 heterocycles. The minimum Gasteiger partial charge on any atom is -0.349 e. The number of allylic oxidation sites excluding steroid dienone is 1. The first-order valence-electron chi connectivity index (χ1n) is 6.82. The van der Waals surface area contributed by atoms with Crippen molar-refractivity contribution in [1.29, 1.82) is 0 Å². The van der Waals surface area contributed by atoms with Gasteiger partial charge in [-0.1, -0.05) is 4.49 Å². The maximum atomic E-state index is 12.8. The van der Waals surface area contributed by atoms with Gasteiger partial charge in [0.05, 0.1) is 5.57 Å². The third-order valence-corrected chi connectivity index (χ3v) is 4.62. The Bertz CT molecular complexity index is 565. The first-order valence-corrected chi connectivity index (χ1v) is 8.06. The smallest absolute Gasteiger partial charge is 0.254 e. The predicted molar refractivity (Wildman–Crippen MR) is 86.8 cm³/mol. The van der Waals surface area contributed by atoms with Crippen LogP contribution < -0.4 is 5.32 Å². The number of nitrogens with zero attached hydrogens (tertiary/aromatic N) is 4. The lowest BCUT2D eigenvalue weighted by Crippen LogP contribution is -2.48. The molecule has 21 heavy (non-hydrogen) atoms. The molecule has 0 fully saturated rings. The highest BCUT2D eigenvalue weighted by molar-refractivity contribution is 7.80. The van der Waals surface area contributed by atoms with Crippen molar-refractivity contribution in [2.45, 2.75) is 26.8 Å². The van der Waals surface area contributed by atoms with Crippen LogP contribution in [0.4, 0.5) is 0 Å². The van der Waals surface area contributed by atoms with E-state index >= 15 is 0 Å². The standard InChI is InChI=1S/C13H19N5OS2/c1-5-18(6-2)12(19)10-8(3)17(4)13(20)14-11(10)9-7-21-16-15-9/h7,11H,5-6H2,1-4H3,(H,14,20). The van der Waals surface area contributed by atoms with E-state index in [2.05, 4.69) is 14.9 Å². The summed E-state index contributed by atoms with van der Waals surface area (Å²) >= 11 is 6.59. The van der Waals surface area contributed by atoms with Crippen LogP contribution in [-0.4, -0.2) is 50.5 Å². The van der Waals surface area contributed by atoms with Crippen LogP contribution >= 0.6 is 23.8 Å². The van der Waals surface area contributed by atoms with Crippen LogP contribution in [0.5, 0.6) is 0 Å². The van der Waals surface area contributed by atoms with E-state index in [0.29, 0.717) is 23.8 Å². The van der Waals surface area contributed by atoms with Crippen molar-refractivity contribution in [2.75, 3.05) is 20.1 Å². The lowest BCUT2D eigenvalue weighted by atomic mass is 9.98. The Morgan fingerprint density at radius 2 is 2.19 bits per heavy atom. The van der Waals surface area contributed by atoms with E-state index in [-0.39, 0.29) is 11.9 Å². The number of rotatable bonds is 4. The maximum absolute atomic E-state index is 12.8. The number of carbonyl (C=O) groups is 1. The molecule has 0 radical (unpaired) electrons. The van der Waals surface area contributed by atoms with Gasteiger partial charge < -0.3 is 15.1 Å². The molecule has 1 N–H and O–H groups in total. The zero-order valence-corrected chi connectivity index (χ0v) is 14.2. The van der Waals surface area contributed by atoms with E-state index in [1.807, 2.05) is 38.1 Å². The molecule has 0 saturated heterocycles. The summed E-state index contributed by atoms with van der Waals surface area (Å²) in [7, 11) is 1.86. The second-order valence-corrected chi connectivity index (χ2v) is 5.74. The van der Waals surface area contributed by atoms with Crippen LogP contribution in [0.15, 0.2) is 16.7 Å². The molecule has 114 valence electrons. The molecule has 0 aliphatic carbocycles.